The number of aldehydes is 1. The van der Waals surface area contributed by atoms with Crippen LogP contribution in [0.1, 0.15) is 0 Å². The van der Waals surface area contributed by atoms with Crippen LogP contribution in [0.5, 0.6) is 0 Å². The zero-order valence-electron chi connectivity index (χ0n) is 12.5. The third-order valence-corrected chi connectivity index (χ3v) is 2.81. The van der Waals surface area contributed by atoms with E-state index in [0.717, 1.165) is 0 Å². The number of hydrogen-bond acceptors (Lipinski definition) is 12. The molecule has 12 heteroatoms. The van der Waals surface area contributed by atoms with Crippen LogP contribution in [0.15, 0.2) is 0 Å². The van der Waals surface area contributed by atoms with Gasteiger partial charge in [0.25, 0.3) is 0 Å². The van der Waals surface area contributed by atoms with E-state index in [0.29, 0.717) is 0 Å². The van der Waals surface area contributed by atoms with Gasteiger partial charge >= 0.3 is 0 Å². The first-order valence-electron chi connectivity index (χ1n) is 6.65. The van der Waals surface area contributed by atoms with Crippen molar-refractivity contribution >= 4 is 12.1 Å². The highest BCUT2D eigenvalue weighted by Crippen LogP contribution is 2.03. The number of carbonyl (C=O) groups excluding carboxylic acids is 2. The highest BCUT2D eigenvalue weighted by Gasteiger charge is 2.30. The number of hydrogen-bond donors (Lipinski definition) is 10. The summed E-state index contributed by atoms with van der Waals surface area (Å²) >= 11 is 0. The standard InChI is InChI=1S/2C6H12O6/c2*7-1-3(9)5(11)6(12)4(10)2-8/h3,5-9,11-12H,1-2H2;1,3-6,8-12H,2H2/t3-,5+,6+;3-,4+,5-,6-/m01/s1. The summed E-state index contributed by atoms with van der Waals surface area (Å²) in [7, 11) is 0. The molecule has 0 spiro atoms. The lowest BCUT2D eigenvalue weighted by molar-refractivity contribution is -0.142. The lowest BCUT2D eigenvalue weighted by Gasteiger charge is -2.22. The average molecular weight is 360 g/mol. The number of rotatable bonds is 10. The van der Waals surface area contributed by atoms with Crippen LogP contribution in [-0.4, -0.2) is 126 Å². The van der Waals surface area contributed by atoms with E-state index in [1.54, 1.807) is 0 Å². The van der Waals surface area contributed by atoms with Gasteiger partial charge in [-0.3, -0.25) is 4.79 Å². The molecule has 144 valence electrons. The molecule has 0 fully saturated rings. The zero-order chi connectivity index (χ0) is 19.4. The van der Waals surface area contributed by atoms with Gasteiger partial charge in [0.05, 0.1) is 13.2 Å². The number of Topliss-reactive ketones (excluding diaryl/α,β-unsaturated/α-hetero) is 1. The van der Waals surface area contributed by atoms with Crippen molar-refractivity contribution in [3.8, 4) is 0 Å². The Balaban J connectivity index is 0. The quantitative estimate of drug-likeness (QED) is 0.164. The first kappa shape index (κ1) is 25.2. The zero-order valence-corrected chi connectivity index (χ0v) is 12.5. The van der Waals surface area contributed by atoms with Crippen LogP contribution in [0.25, 0.3) is 0 Å². The van der Waals surface area contributed by atoms with E-state index in [9.17, 15) is 9.59 Å². The fourth-order valence-corrected chi connectivity index (χ4v) is 1.22. The first-order chi connectivity index (χ1) is 11.1. The molecule has 24 heavy (non-hydrogen) atoms. The molecular formula is C12H24O12. The van der Waals surface area contributed by atoms with E-state index < -0.39 is 68.3 Å². The Morgan fingerprint density at radius 2 is 1.17 bits per heavy atom. The lowest BCUT2D eigenvalue weighted by atomic mass is 10.0. The largest absolute Gasteiger partial charge is 0.394 e. The summed E-state index contributed by atoms with van der Waals surface area (Å²) in [5.41, 5.74) is 0. The Kier molecular flexibility index (Phi) is 13.9. The summed E-state index contributed by atoms with van der Waals surface area (Å²) < 4.78 is 0. The maximum Gasteiger partial charge on any atom is 0.189 e. The second-order valence-corrected chi connectivity index (χ2v) is 4.67. The second-order valence-electron chi connectivity index (χ2n) is 4.67. The van der Waals surface area contributed by atoms with E-state index in [1.165, 1.54) is 0 Å². The Labute approximate surface area is 136 Å². The first-order valence-corrected chi connectivity index (χ1v) is 6.65. The summed E-state index contributed by atoms with van der Waals surface area (Å²) in [6, 6.07) is 0. The average Bonchev–Trinajstić information content (AvgIpc) is 2.62. The van der Waals surface area contributed by atoms with Crippen LogP contribution in [0.3, 0.4) is 0 Å². The Morgan fingerprint density at radius 3 is 1.50 bits per heavy atom. The predicted molar refractivity (Wildman–Crippen MR) is 74.4 cm³/mol. The Hall–Kier alpha value is -1.06. The Morgan fingerprint density at radius 1 is 0.750 bits per heavy atom. The molecule has 0 saturated heterocycles. The van der Waals surface area contributed by atoms with E-state index in [1.807, 2.05) is 0 Å². The minimum absolute atomic E-state index is 0.0258. The second kappa shape index (κ2) is 13.3. The van der Waals surface area contributed by atoms with Crippen molar-refractivity contribution in [2.45, 2.75) is 42.7 Å². The van der Waals surface area contributed by atoms with Gasteiger partial charge in [-0.15, -0.1) is 0 Å². The molecule has 0 bridgehead atoms. The highest BCUT2D eigenvalue weighted by atomic mass is 16.4. The lowest BCUT2D eigenvalue weighted by Crippen LogP contribution is -2.46. The van der Waals surface area contributed by atoms with E-state index >= 15 is 0 Å². The molecule has 0 aliphatic rings. The molecule has 0 aromatic heterocycles. The van der Waals surface area contributed by atoms with Gasteiger partial charge in [-0.05, 0) is 0 Å². The van der Waals surface area contributed by atoms with Gasteiger partial charge in [0.2, 0.25) is 0 Å². The molecule has 0 rings (SSSR count). The third kappa shape index (κ3) is 8.70. The fraction of sp³-hybridized carbons (Fsp3) is 0.833. The van der Waals surface area contributed by atoms with Gasteiger partial charge in [-0.2, -0.15) is 0 Å². The van der Waals surface area contributed by atoms with Gasteiger partial charge < -0.3 is 55.9 Å². The van der Waals surface area contributed by atoms with Crippen molar-refractivity contribution in [1.82, 2.24) is 0 Å². The molecule has 0 heterocycles. The summed E-state index contributed by atoms with van der Waals surface area (Å²) in [6.45, 7) is -2.45. The third-order valence-electron chi connectivity index (χ3n) is 2.81. The maximum atomic E-state index is 10.5. The van der Waals surface area contributed by atoms with Crippen molar-refractivity contribution in [2.75, 3.05) is 19.8 Å². The fourth-order valence-electron chi connectivity index (χ4n) is 1.22. The summed E-state index contributed by atoms with van der Waals surface area (Å²) in [5, 5.41) is 86.6. The van der Waals surface area contributed by atoms with E-state index in [-0.39, 0.29) is 6.29 Å². The number of ketones is 1. The number of aliphatic hydroxyl groups is 10. The predicted octanol–water partition coefficient (Wildman–Crippen LogP) is -6.76. The normalized spacial score (nSPS) is 19.8. The summed E-state index contributed by atoms with van der Waals surface area (Å²) in [6.07, 6.45) is -12.1. The van der Waals surface area contributed by atoms with Crippen molar-refractivity contribution < 1.29 is 60.7 Å². The topological polar surface area (TPSA) is 236 Å². The summed E-state index contributed by atoms with van der Waals surface area (Å²) in [4.78, 5) is 20.4. The van der Waals surface area contributed by atoms with Crippen molar-refractivity contribution in [3.05, 3.63) is 0 Å². The van der Waals surface area contributed by atoms with E-state index in [4.69, 9.17) is 51.1 Å². The van der Waals surface area contributed by atoms with Gasteiger partial charge in [0.1, 0.15) is 49.3 Å². The van der Waals surface area contributed by atoms with Crippen molar-refractivity contribution in [2.24, 2.45) is 0 Å². The Bertz CT molecular complexity index is 351. The van der Waals surface area contributed by atoms with Crippen LogP contribution in [0, 0.1) is 0 Å². The smallest absolute Gasteiger partial charge is 0.189 e. The van der Waals surface area contributed by atoms with Crippen LogP contribution in [0.4, 0.5) is 0 Å². The molecule has 0 amide bonds. The molecule has 0 aromatic rings. The monoisotopic (exact) mass is 360 g/mol. The molecule has 0 aliphatic heterocycles. The van der Waals surface area contributed by atoms with Gasteiger partial charge in [-0.1, -0.05) is 0 Å². The molecular weight excluding hydrogens is 336 g/mol. The van der Waals surface area contributed by atoms with Gasteiger partial charge in [0.15, 0.2) is 12.1 Å². The SMILES string of the molecule is O=C(CO)[C@@H](O)[C@H](O)[C@@H](O)CO.O=C[C@@H](O)[C@@H](O)[C@H](O)[C@@H](O)CO. The van der Waals surface area contributed by atoms with Crippen LogP contribution < -0.4 is 0 Å². The molecule has 10 N–H and O–H groups in total. The minimum atomic E-state index is -1.86. The molecule has 12 nitrogen and oxygen atoms in total. The molecule has 0 aromatic carbocycles. The van der Waals surface area contributed by atoms with Gasteiger partial charge in [0, 0.05) is 0 Å². The maximum absolute atomic E-state index is 10.5. The minimum Gasteiger partial charge on any atom is -0.394 e. The van der Waals surface area contributed by atoms with Crippen LogP contribution in [-0.2, 0) is 9.59 Å². The molecule has 0 unspecified atom stereocenters. The highest BCUT2D eigenvalue weighted by molar-refractivity contribution is 5.84. The van der Waals surface area contributed by atoms with Gasteiger partial charge in [-0.25, -0.2) is 0 Å². The number of carbonyl (C=O) groups is 2. The van der Waals surface area contributed by atoms with Crippen LogP contribution >= 0.6 is 0 Å². The van der Waals surface area contributed by atoms with Crippen molar-refractivity contribution in [1.29, 1.82) is 0 Å². The van der Waals surface area contributed by atoms with Crippen molar-refractivity contribution in [3.63, 3.8) is 0 Å². The molecule has 7 atom stereocenters. The molecule has 0 aliphatic carbocycles. The van der Waals surface area contributed by atoms with E-state index in [2.05, 4.69) is 0 Å². The molecule has 0 saturated carbocycles. The summed E-state index contributed by atoms with van der Waals surface area (Å²) in [5.74, 6) is -1.00. The number of aliphatic hydroxyl groups excluding tert-OH is 10. The molecule has 0 radical (unpaired) electrons. The van der Waals surface area contributed by atoms with Crippen LogP contribution in [0.2, 0.25) is 0 Å².